The highest BCUT2D eigenvalue weighted by molar-refractivity contribution is 5.88. The number of hydrogen-bond acceptors (Lipinski definition) is 3. The predicted molar refractivity (Wildman–Crippen MR) is 53.3 cm³/mol. The number of rotatable bonds is 1. The number of fused-ring (bicyclic) bond motifs is 1. The number of carboxylic acids is 1. The van der Waals surface area contributed by atoms with E-state index < -0.39 is 11.8 Å². The predicted octanol–water partition coefficient (Wildman–Crippen LogP) is 0.635. The molecule has 1 aromatic carbocycles. The lowest BCUT2D eigenvalue weighted by Crippen LogP contribution is -2.30. The Hall–Kier alpha value is -1.65. The molecule has 0 aliphatic heterocycles. The van der Waals surface area contributed by atoms with Gasteiger partial charge in [0.2, 0.25) is 0 Å². The third-order valence-electron chi connectivity index (χ3n) is 2.37. The van der Waals surface area contributed by atoms with E-state index in [9.17, 15) is 15.0 Å². The van der Waals surface area contributed by atoms with Crippen LogP contribution in [0, 0.1) is 0 Å². The van der Waals surface area contributed by atoms with Crippen molar-refractivity contribution in [3.63, 3.8) is 0 Å². The topological polar surface area (TPSA) is 77.8 Å². The van der Waals surface area contributed by atoms with Gasteiger partial charge in [0.15, 0.2) is 5.79 Å². The zero-order chi connectivity index (χ0) is 11.1. The monoisotopic (exact) mass is 206 g/mol. The summed E-state index contributed by atoms with van der Waals surface area (Å²) in [5.41, 5.74) is 1.64. The smallest absolute Gasteiger partial charge is 0.335 e. The molecular weight excluding hydrogens is 196 g/mol. The first-order valence-corrected chi connectivity index (χ1v) is 4.48. The molecule has 0 spiro atoms. The number of aromatic carboxylic acids is 1. The van der Waals surface area contributed by atoms with Crippen LogP contribution in [0.15, 0.2) is 24.3 Å². The van der Waals surface area contributed by atoms with Gasteiger partial charge in [-0.15, -0.1) is 0 Å². The van der Waals surface area contributed by atoms with Crippen molar-refractivity contribution >= 4 is 12.0 Å². The van der Waals surface area contributed by atoms with Crippen LogP contribution in [0.4, 0.5) is 0 Å². The minimum Gasteiger partial charge on any atom is -0.478 e. The number of hydrogen-bond donors (Lipinski definition) is 3. The van der Waals surface area contributed by atoms with Crippen LogP contribution in [0.2, 0.25) is 0 Å². The molecule has 0 atom stereocenters. The van der Waals surface area contributed by atoms with Gasteiger partial charge in [-0.05, 0) is 29.3 Å². The summed E-state index contributed by atoms with van der Waals surface area (Å²) < 4.78 is 0. The second-order valence-corrected chi connectivity index (χ2v) is 3.61. The molecule has 0 saturated heterocycles. The lowest BCUT2D eigenvalue weighted by molar-refractivity contribution is -0.116. The highest BCUT2D eigenvalue weighted by Crippen LogP contribution is 2.25. The molecule has 0 aromatic heterocycles. The normalized spacial score (nSPS) is 17.2. The van der Waals surface area contributed by atoms with Crippen molar-refractivity contribution in [2.24, 2.45) is 0 Å². The van der Waals surface area contributed by atoms with Crippen molar-refractivity contribution in [2.75, 3.05) is 0 Å². The summed E-state index contributed by atoms with van der Waals surface area (Å²) in [6.07, 6.45) is 2.85. The summed E-state index contributed by atoms with van der Waals surface area (Å²) in [5.74, 6) is -2.81. The van der Waals surface area contributed by atoms with Gasteiger partial charge < -0.3 is 15.3 Å². The Morgan fingerprint density at radius 1 is 1.33 bits per heavy atom. The molecular formula is C11H10O4. The van der Waals surface area contributed by atoms with Gasteiger partial charge in [0.25, 0.3) is 0 Å². The van der Waals surface area contributed by atoms with Crippen LogP contribution in [0.25, 0.3) is 6.08 Å². The highest BCUT2D eigenvalue weighted by Gasteiger charge is 2.24. The largest absolute Gasteiger partial charge is 0.478 e. The second kappa shape index (κ2) is 3.18. The van der Waals surface area contributed by atoms with Crippen LogP contribution < -0.4 is 0 Å². The fraction of sp³-hybridized carbons (Fsp3) is 0.182. The van der Waals surface area contributed by atoms with E-state index in [0.717, 1.165) is 5.56 Å². The molecule has 15 heavy (non-hydrogen) atoms. The number of carboxylic acid groups (broad SMARTS) is 1. The van der Waals surface area contributed by atoms with Crippen LogP contribution in [0.1, 0.15) is 21.5 Å². The first-order chi connectivity index (χ1) is 6.98. The zero-order valence-electron chi connectivity index (χ0n) is 7.84. The lowest BCUT2D eigenvalue weighted by atomic mass is 9.92. The summed E-state index contributed by atoms with van der Waals surface area (Å²) in [7, 11) is 0. The fourth-order valence-corrected chi connectivity index (χ4v) is 1.61. The van der Waals surface area contributed by atoms with Crippen molar-refractivity contribution in [1.29, 1.82) is 0 Å². The molecule has 3 N–H and O–H groups in total. The van der Waals surface area contributed by atoms with Crippen molar-refractivity contribution in [2.45, 2.75) is 12.2 Å². The van der Waals surface area contributed by atoms with Crippen molar-refractivity contribution in [3.8, 4) is 0 Å². The van der Waals surface area contributed by atoms with Gasteiger partial charge in [-0.3, -0.25) is 0 Å². The lowest BCUT2D eigenvalue weighted by Gasteiger charge is -2.23. The summed E-state index contributed by atoms with van der Waals surface area (Å²) in [5, 5.41) is 27.5. The van der Waals surface area contributed by atoms with Crippen LogP contribution >= 0.6 is 0 Å². The first kappa shape index (κ1) is 9.89. The van der Waals surface area contributed by atoms with E-state index in [4.69, 9.17) is 5.11 Å². The van der Waals surface area contributed by atoms with Gasteiger partial charge in [-0.25, -0.2) is 4.79 Å². The zero-order valence-corrected chi connectivity index (χ0v) is 7.84. The Morgan fingerprint density at radius 2 is 2.07 bits per heavy atom. The average Bonchev–Trinajstić information content (AvgIpc) is 2.15. The van der Waals surface area contributed by atoms with E-state index >= 15 is 0 Å². The number of aliphatic hydroxyl groups is 2. The van der Waals surface area contributed by atoms with Gasteiger partial charge >= 0.3 is 5.97 Å². The van der Waals surface area contributed by atoms with E-state index in [1.54, 1.807) is 6.07 Å². The minimum absolute atomic E-state index is 0.0821. The molecule has 0 saturated carbocycles. The van der Waals surface area contributed by atoms with Gasteiger partial charge in [0, 0.05) is 6.42 Å². The second-order valence-electron chi connectivity index (χ2n) is 3.61. The van der Waals surface area contributed by atoms with E-state index in [1.807, 2.05) is 0 Å². The van der Waals surface area contributed by atoms with E-state index in [-0.39, 0.29) is 12.0 Å². The van der Waals surface area contributed by atoms with Gasteiger partial charge in [-0.2, -0.15) is 0 Å². The summed E-state index contributed by atoms with van der Waals surface area (Å²) >= 11 is 0. The van der Waals surface area contributed by atoms with Gasteiger partial charge in [0.05, 0.1) is 5.56 Å². The van der Waals surface area contributed by atoms with Crippen LogP contribution in [-0.4, -0.2) is 27.1 Å². The molecule has 0 amide bonds. The van der Waals surface area contributed by atoms with E-state index in [1.165, 1.54) is 24.3 Å². The molecule has 4 heteroatoms. The molecule has 0 fully saturated rings. The minimum atomic E-state index is -1.82. The molecule has 0 radical (unpaired) electrons. The molecule has 0 heterocycles. The Morgan fingerprint density at radius 3 is 2.73 bits per heavy atom. The van der Waals surface area contributed by atoms with E-state index in [2.05, 4.69) is 0 Å². The molecule has 4 nitrogen and oxygen atoms in total. The summed E-state index contributed by atoms with van der Waals surface area (Å²) in [4.78, 5) is 10.7. The Balaban J connectivity index is 2.45. The maximum atomic E-state index is 10.7. The molecule has 78 valence electrons. The third-order valence-corrected chi connectivity index (χ3v) is 2.37. The average molecular weight is 206 g/mol. The fourth-order valence-electron chi connectivity index (χ4n) is 1.61. The molecule has 1 aliphatic rings. The molecule has 0 bridgehead atoms. The van der Waals surface area contributed by atoms with E-state index in [0.29, 0.717) is 5.56 Å². The van der Waals surface area contributed by atoms with Crippen molar-refractivity contribution in [1.82, 2.24) is 0 Å². The maximum Gasteiger partial charge on any atom is 0.335 e. The Bertz CT molecular complexity index is 446. The van der Waals surface area contributed by atoms with Gasteiger partial charge in [-0.1, -0.05) is 12.1 Å². The summed E-state index contributed by atoms with van der Waals surface area (Å²) in [6.45, 7) is 0. The maximum absolute atomic E-state index is 10.7. The first-order valence-electron chi connectivity index (χ1n) is 4.48. The molecule has 1 aromatic rings. The van der Waals surface area contributed by atoms with Gasteiger partial charge in [0.1, 0.15) is 0 Å². The summed E-state index contributed by atoms with van der Waals surface area (Å²) in [6, 6.07) is 4.57. The molecule has 2 rings (SSSR count). The number of carbonyl (C=O) groups is 1. The SMILES string of the molecule is O=C(O)c1ccc2c(c1)C=CC(O)(O)C2. The van der Waals surface area contributed by atoms with Crippen LogP contribution in [0.3, 0.4) is 0 Å². The van der Waals surface area contributed by atoms with Crippen LogP contribution in [0.5, 0.6) is 0 Å². The molecule has 1 aliphatic carbocycles. The number of benzene rings is 1. The van der Waals surface area contributed by atoms with Crippen molar-refractivity contribution < 1.29 is 20.1 Å². The highest BCUT2D eigenvalue weighted by atomic mass is 16.5. The van der Waals surface area contributed by atoms with Crippen LogP contribution in [-0.2, 0) is 6.42 Å². The Labute approximate surface area is 86.1 Å². The quantitative estimate of drug-likeness (QED) is 0.589. The third kappa shape index (κ3) is 1.91. The molecule has 0 unspecified atom stereocenters. The Kier molecular flexibility index (Phi) is 2.10. The standard InChI is InChI=1S/C11H10O4/c12-10(13)8-1-2-9-6-11(14,15)4-3-7(9)5-8/h1-5,14-15H,6H2,(H,12,13). The van der Waals surface area contributed by atoms with Crippen molar-refractivity contribution in [3.05, 3.63) is 41.0 Å².